The van der Waals surface area contributed by atoms with Gasteiger partial charge < -0.3 is 15.6 Å². The fourth-order valence-electron chi connectivity index (χ4n) is 3.11. The van der Waals surface area contributed by atoms with Gasteiger partial charge >= 0.3 is 5.97 Å². The molecule has 0 spiro atoms. The van der Waals surface area contributed by atoms with E-state index < -0.39 is 5.97 Å². The fraction of sp³-hybridized carbons (Fsp3) is 0.136. The number of carboxylic acids is 1. The van der Waals surface area contributed by atoms with E-state index >= 15 is 0 Å². The number of nitrogen functional groups attached to an aromatic ring is 1. The quantitative estimate of drug-likeness (QED) is 0.634. The maximum absolute atomic E-state index is 11.6. The predicted molar refractivity (Wildman–Crippen MR) is 103 cm³/mol. The zero-order valence-corrected chi connectivity index (χ0v) is 14.6. The minimum atomic E-state index is -0.984. The van der Waals surface area contributed by atoms with Gasteiger partial charge in [0, 0.05) is 17.2 Å². The van der Waals surface area contributed by atoms with Crippen molar-refractivity contribution in [3.63, 3.8) is 0 Å². The van der Waals surface area contributed by atoms with Crippen molar-refractivity contribution in [2.75, 3.05) is 5.73 Å². The summed E-state index contributed by atoms with van der Waals surface area (Å²) >= 11 is 0. The topological polar surface area (TPSA) is 72.5 Å². The molecule has 0 heterocycles. The largest absolute Gasteiger partial charge is 0.489 e. The minimum absolute atomic E-state index is 0.214. The first kappa shape index (κ1) is 17.5. The molecule has 0 aliphatic rings. The highest BCUT2D eigenvalue weighted by molar-refractivity contribution is 5.91. The third-order valence-corrected chi connectivity index (χ3v) is 4.43. The van der Waals surface area contributed by atoms with E-state index in [0.29, 0.717) is 17.9 Å². The van der Waals surface area contributed by atoms with Gasteiger partial charge in [-0.05, 0) is 29.3 Å². The molecule has 0 radical (unpaired) electrons. The Labute approximate surface area is 152 Å². The number of para-hydroxylation sites is 1. The molecule has 0 saturated heterocycles. The number of aromatic carboxylic acids is 1. The first-order chi connectivity index (χ1) is 12.6. The van der Waals surface area contributed by atoms with Crippen molar-refractivity contribution in [2.45, 2.75) is 19.4 Å². The van der Waals surface area contributed by atoms with Crippen molar-refractivity contribution >= 4 is 11.7 Å². The molecule has 1 unspecified atom stereocenters. The lowest BCUT2D eigenvalue weighted by Crippen LogP contribution is -2.11. The Hall–Kier alpha value is -3.27. The molecule has 3 N–H and O–H groups in total. The van der Waals surface area contributed by atoms with Gasteiger partial charge in [0.1, 0.15) is 12.4 Å². The summed E-state index contributed by atoms with van der Waals surface area (Å²) in [5.74, 6) is -0.473. The molecule has 0 bridgehead atoms. The van der Waals surface area contributed by atoms with Crippen LogP contribution in [0.15, 0.2) is 72.8 Å². The number of hydrogen-bond acceptors (Lipinski definition) is 3. The summed E-state index contributed by atoms with van der Waals surface area (Å²) in [7, 11) is 0. The monoisotopic (exact) mass is 347 g/mol. The number of anilines is 1. The Kier molecular flexibility index (Phi) is 5.23. The second-order valence-electron chi connectivity index (χ2n) is 6.15. The molecule has 3 aromatic rings. The molecular formula is C22H21NO3. The average molecular weight is 347 g/mol. The Morgan fingerprint density at radius 2 is 1.69 bits per heavy atom. The molecule has 0 fully saturated rings. The molecule has 0 aliphatic heterocycles. The molecule has 0 aliphatic carbocycles. The zero-order chi connectivity index (χ0) is 18.5. The van der Waals surface area contributed by atoms with Crippen LogP contribution in [0.4, 0.5) is 5.69 Å². The van der Waals surface area contributed by atoms with Crippen LogP contribution in [-0.4, -0.2) is 11.1 Å². The van der Waals surface area contributed by atoms with E-state index in [4.69, 9.17) is 10.5 Å². The third-order valence-electron chi connectivity index (χ3n) is 4.43. The summed E-state index contributed by atoms with van der Waals surface area (Å²) in [4.78, 5) is 11.6. The van der Waals surface area contributed by atoms with Crippen molar-refractivity contribution in [1.29, 1.82) is 0 Å². The molecule has 26 heavy (non-hydrogen) atoms. The Morgan fingerprint density at radius 1 is 1.00 bits per heavy atom. The summed E-state index contributed by atoms with van der Waals surface area (Å²) in [6, 6.07) is 22.5. The van der Waals surface area contributed by atoms with Gasteiger partial charge in [0.15, 0.2) is 0 Å². The lowest BCUT2D eigenvalue weighted by Gasteiger charge is -2.20. The minimum Gasteiger partial charge on any atom is -0.489 e. The van der Waals surface area contributed by atoms with E-state index in [1.807, 2.05) is 61.5 Å². The van der Waals surface area contributed by atoms with E-state index in [9.17, 15) is 9.90 Å². The number of nitrogens with two attached hydrogens (primary N) is 1. The van der Waals surface area contributed by atoms with Crippen molar-refractivity contribution in [1.82, 2.24) is 0 Å². The number of carbonyl (C=O) groups is 1. The van der Waals surface area contributed by atoms with Crippen molar-refractivity contribution in [3.8, 4) is 5.75 Å². The van der Waals surface area contributed by atoms with Gasteiger partial charge in [-0.3, -0.25) is 0 Å². The van der Waals surface area contributed by atoms with Crippen molar-refractivity contribution in [3.05, 3.63) is 95.1 Å². The Balaban J connectivity index is 1.94. The third kappa shape index (κ3) is 3.70. The lowest BCUT2D eigenvalue weighted by molar-refractivity contribution is 0.0695. The van der Waals surface area contributed by atoms with Crippen LogP contribution in [-0.2, 0) is 6.61 Å². The van der Waals surface area contributed by atoms with Crippen LogP contribution < -0.4 is 10.5 Å². The van der Waals surface area contributed by atoms with E-state index in [-0.39, 0.29) is 11.5 Å². The SMILES string of the molecule is CC(c1ccccc1OCc1ccccc1)c1c(N)cccc1C(=O)O. The van der Waals surface area contributed by atoms with E-state index in [1.165, 1.54) is 0 Å². The Bertz CT molecular complexity index is 906. The van der Waals surface area contributed by atoms with Gasteiger partial charge in [-0.2, -0.15) is 0 Å². The van der Waals surface area contributed by atoms with Crippen LogP contribution in [0.1, 0.15) is 39.9 Å². The molecule has 132 valence electrons. The van der Waals surface area contributed by atoms with Crippen LogP contribution >= 0.6 is 0 Å². The Morgan fingerprint density at radius 3 is 2.42 bits per heavy atom. The average Bonchev–Trinajstić information content (AvgIpc) is 2.66. The van der Waals surface area contributed by atoms with Gasteiger partial charge in [0.05, 0.1) is 5.56 Å². The highest BCUT2D eigenvalue weighted by atomic mass is 16.5. The zero-order valence-electron chi connectivity index (χ0n) is 14.6. The molecule has 3 rings (SSSR count). The van der Waals surface area contributed by atoms with Gasteiger partial charge in [-0.15, -0.1) is 0 Å². The number of ether oxygens (including phenoxy) is 1. The molecule has 4 nitrogen and oxygen atoms in total. The number of rotatable bonds is 6. The smallest absolute Gasteiger partial charge is 0.336 e. The van der Waals surface area contributed by atoms with Gasteiger partial charge in [0.2, 0.25) is 0 Å². The molecule has 0 saturated carbocycles. The fourth-order valence-corrected chi connectivity index (χ4v) is 3.11. The van der Waals surface area contributed by atoms with Crippen LogP contribution in [0, 0.1) is 0 Å². The lowest BCUT2D eigenvalue weighted by atomic mass is 9.88. The standard InChI is InChI=1S/C22H21NO3/c1-15(21-18(22(24)25)11-7-12-19(21)23)17-10-5-6-13-20(17)26-14-16-8-3-2-4-9-16/h2-13,15H,14,23H2,1H3,(H,24,25). The molecule has 0 amide bonds. The highest BCUT2D eigenvalue weighted by Gasteiger charge is 2.22. The number of benzene rings is 3. The van der Waals surface area contributed by atoms with Crippen LogP contribution in [0.5, 0.6) is 5.75 Å². The van der Waals surface area contributed by atoms with Crippen molar-refractivity contribution < 1.29 is 14.6 Å². The van der Waals surface area contributed by atoms with E-state index in [1.54, 1.807) is 18.2 Å². The number of carboxylic acid groups (broad SMARTS) is 1. The summed E-state index contributed by atoms with van der Waals surface area (Å²) in [6.07, 6.45) is 0. The molecule has 1 atom stereocenters. The maximum atomic E-state index is 11.6. The van der Waals surface area contributed by atoms with Crippen LogP contribution in [0.3, 0.4) is 0 Å². The molecule has 4 heteroatoms. The van der Waals surface area contributed by atoms with E-state index in [2.05, 4.69) is 0 Å². The van der Waals surface area contributed by atoms with Crippen molar-refractivity contribution in [2.24, 2.45) is 0 Å². The summed E-state index contributed by atoms with van der Waals surface area (Å²) in [5, 5.41) is 9.52. The maximum Gasteiger partial charge on any atom is 0.336 e. The predicted octanol–water partition coefficient (Wildman–Crippen LogP) is 4.70. The molecule has 3 aromatic carbocycles. The van der Waals surface area contributed by atoms with E-state index in [0.717, 1.165) is 16.9 Å². The van der Waals surface area contributed by atoms with Crippen LogP contribution in [0.2, 0.25) is 0 Å². The van der Waals surface area contributed by atoms with Crippen LogP contribution in [0.25, 0.3) is 0 Å². The van der Waals surface area contributed by atoms with Gasteiger partial charge in [0.25, 0.3) is 0 Å². The molecular weight excluding hydrogens is 326 g/mol. The summed E-state index contributed by atoms with van der Waals surface area (Å²) in [6.45, 7) is 2.39. The second-order valence-corrected chi connectivity index (χ2v) is 6.15. The van der Waals surface area contributed by atoms with Gasteiger partial charge in [-0.25, -0.2) is 4.79 Å². The van der Waals surface area contributed by atoms with Gasteiger partial charge in [-0.1, -0.05) is 61.5 Å². The highest BCUT2D eigenvalue weighted by Crippen LogP contribution is 2.36. The first-order valence-corrected chi connectivity index (χ1v) is 8.45. The molecule has 0 aromatic heterocycles. The number of hydrogen-bond donors (Lipinski definition) is 2. The summed E-state index contributed by atoms with van der Waals surface area (Å²) < 4.78 is 6.02. The normalized spacial score (nSPS) is 11.7. The summed E-state index contributed by atoms with van der Waals surface area (Å²) in [5.41, 5.74) is 9.38. The first-order valence-electron chi connectivity index (χ1n) is 8.45. The second kappa shape index (κ2) is 7.74.